The molecule has 0 bridgehead atoms. The number of rotatable bonds is 7. The third-order valence-electron chi connectivity index (χ3n) is 4.95. The van der Waals surface area contributed by atoms with Crippen LogP contribution in [0.5, 0.6) is 0 Å². The maximum Gasteiger partial charge on any atom is 0.326 e. The van der Waals surface area contributed by atoms with Gasteiger partial charge in [-0.15, -0.1) is 0 Å². The van der Waals surface area contributed by atoms with Crippen LogP contribution in [0.1, 0.15) is 25.7 Å². The summed E-state index contributed by atoms with van der Waals surface area (Å²) >= 11 is 0.388. The van der Waals surface area contributed by atoms with Crippen molar-refractivity contribution in [1.29, 1.82) is 0 Å². The molecule has 29 heavy (non-hydrogen) atoms. The second-order valence-corrected chi connectivity index (χ2v) is 7.94. The van der Waals surface area contributed by atoms with E-state index in [0.29, 0.717) is 35.2 Å². The SMILES string of the molecule is O=C(COC(=O)CN1C(=O)C2CCCCC2C1=O)Nc1ccc(SC(F)F)cc1. The average Bonchev–Trinajstić information content (AvgIpc) is 2.93. The lowest BCUT2D eigenvalue weighted by Crippen LogP contribution is -2.37. The van der Waals surface area contributed by atoms with Crippen molar-refractivity contribution >= 4 is 41.1 Å². The monoisotopic (exact) mass is 426 g/mol. The minimum absolute atomic E-state index is 0.345. The van der Waals surface area contributed by atoms with E-state index in [-0.39, 0.29) is 23.7 Å². The number of imide groups is 1. The molecule has 0 aromatic heterocycles. The van der Waals surface area contributed by atoms with Gasteiger partial charge in [0.05, 0.1) is 11.8 Å². The zero-order chi connectivity index (χ0) is 21.0. The summed E-state index contributed by atoms with van der Waals surface area (Å²) in [6, 6.07) is 5.77. The van der Waals surface area contributed by atoms with Gasteiger partial charge in [0.1, 0.15) is 6.54 Å². The number of likely N-dealkylation sites (tertiary alicyclic amines) is 1. The van der Waals surface area contributed by atoms with Gasteiger partial charge in [-0.05, 0) is 37.1 Å². The van der Waals surface area contributed by atoms with Crippen LogP contribution in [0.25, 0.3) is 0 Å². The Balaban J connectivity index is 1.45. The summed E-state index contributed by atoms with van der Waals surface area (Å²) in [6.45, 7) is -1.09. The molecule has 1 aromatic rings. The van der Waals surface area contributed by atoms with Crippen LogP contribution in [-0.2, 0) is 23.9 Å². The standard InChI is InChI=1S/C19H20F2N2O5S/c20-19(21)29-12-7-5-11(6-8-12)22-15(24)10-28-16(25)9-23-17(26)13-3-1-2-4-14(13)18(23)27/h5-8,13-14,19H,1-4,9-10H2,(H,22,24). The van der Waals surface area contributed by atoms with Crippen LogP contribution in [-0.4, -0.2) is 47.5 Å². The van der Waals surface area contributed by atoms with Gasteiger partial charge in [0.2, 0.25) is 11.8 Å². The molecule has 7 nitrogen and oxygen atoms in total. The molecule has 156 valence electrons. The van der Waals surface area contributed by atoms with Crippen LogP contribution in [0.15, 0.2) is 29.2 Å². The number of ether oxygens (including phenoxy) is 1. The van der Waals surface area contributed by atoms with Crippen LogP contribution in [0.2, 0.25) is 0 Å². The van der Waals surface area contributed by atoms with Crippen LogP contribution >= 0.6 is 11.8 Å². The van der Waals surface area contributed by atoms with E-state index in [1.165, 1.54) is 24.3 Å². The molecule has 0 spiro atoms. The van der Waals surface area contributed by atoms with E-state index >= 15 is 0 Å². The van der Waals surface area contributed by atoms with Crippen molar-refractivity contribution < 1.29 is 32.7 Å². The number of carbonyl (C=O) groups excluding carboxylic acids is 4. The molecule has 1 heterocycles. The Bertz CT molecular complexity index is 778. The molecule has 1 saturated heterocycles. The van der Waals surface area contributed by atoms with Crippen molar-refractivity contribution in [2.24, 2.45) is 11.8 Å². The highest BCUT2D eigenvalue weighted by atomic mass is 32.2. The number of hydrogen-bond donors (Lipinski definition) is 1. The van der Waals surface area contributed by atoms with Gasteiger partial charge < -0.3 is 10.1 Å². The van der Waals surface area contributed by atoms with E-state index in [1.807, 2.05) is 0 Å². The van der Waals surface area contributed by atoms with E-state index < -0.39 is 30.8 Å². The number of fused-ring (bicyclic) bond motifs is 1. The number of alkyl halides is 2. The third kappa shape index (κ3) is 5.31. The molecule has 2 aliphatic rings. The number of benzene rings is 1. The lowest BCUT2D eigenvalue weighted by Gasteiger charge is -2.19. The van der Waals surface area contributed by atoms with Crippen molar-refractivity contribution in [3.8, 4) is 0 Å². The number of nitrogens with zero attached hydrogens (tertiary/aromatic N) is 1. The fraction of sp³-hybridized carbons (Fsp3) is 0.474. The number of anilines is 1. The molecular formula is C19H20F2N2O5S. The van der Waals surface area contributed by atoms with Gasteiger partial charge >= 0.3 is 5.97 Å². The van der Waals surface area contributed by atoms with E-state index in [9.17, 15) is 28.0 Å². The number of amides is 3. The molecule has 10 heteroatoms. The maximum absolute atomic E-state index is 12.3. The summed E-state index contributed by atoms with van der Waals surface area (Å²) in [4.78, 5) is 49.8. The summed E-state index contributed by atoms with van der Waals surface area (Å²) < 4.78 is 29.4. The quantitative estimate of drug-likeness (QED) is 0.409. The minimum atomic E-state index is -2.53. The van der Waals surface area contributed by atoms with Crippen LogP contribution in [0.4, 0.5) is 14.5 Å². The predicted octanol–water partition coefficient (Wildman–Crippen LogP) is 2.66. The summed E-state index contributed by atoms with van der Waals surface area (Å²) in [5.74, 6) is -5.39. The van der Waals surface area contributed by atoms with Crippen LogP contribution in [0, 0.1) is 11.8 Å². The van der Waals surface area contributed by atoms with E-state index in [1.54, 1.807) is 0 Å². The summed E-state index contributed by atoms with van der Waals surface area (Å²) in [5, 5.41) is 2.47. The zero-order valence-electron chi connectivity index (χ0n) is 15.4. The number of nitrogens with one attached hydrogen (secondary N) is 1. The van der Waals surface area contributed by atoms with E-state index in [4.69, 9.17) is 4.74 Å². The minimum Gasteiger partial charge on any atom is -0.454 e. The number of thioether (sulfide) groups is 1. The average molecular weight is 426 g/mol. The second-order valence-electron chi connectivity index (χ2n) is 6.87. The lowest BCUT2D eigenvalue weighted by atomic mass is 9.81. The Morgan fingerprint density at radius 3 is 2.24 bits per heavy atom. The Kier molecular flexibility index (Phi) is 6.83. The highest BCUT2D eigenvalue weighted by Gasteiger charge is 2.48. The fourth-order valence-electron chi connectivity index (χ4n) is 3.62. The Hall–Kier alpha value is -2.49. The summed E-state index contributed by atoms with van der Waals surface area (Å²) in [7, 11) is 0. The van der Waals surface area contributed by atoms with Gasteiger partial charge in [0.15, 0.2) is 6.61 Å². The van der Waals surface area contributed by atoms with Crippen LogP contribution in [0.3, 0.4) is 0 Å². The normalized spacial score (nSPS) is 21.3. The molecule has 0 radical (unpaired) electrons. The Morgan fingerprint density at radius 1 is 1.10 bits per heavy atom. The number of esters is 1. The van der Waals surface area contributed by atoms with Crippen molar-refractivity contribution in [2.75, 3.05) is 18.5 Å². The topological polar surface area (TPSA) is 92.8 Å². The second kappa shape index (κ2) is 9.34. The predicted molar refractivity (Wildman–Crippen MR) is 100 cm³/mol. The largest absolute Gasteiger partial charge is 0.454 e. The first kappa shape index (κ1) is 21.2. The fourth-order valence-corrected chi connectivity index (χ4v) is 4.12. The van der Waals surface area contributed by atoms with E-state index in [2.05, 4.69) is 5.32 Å². The number of carbonyl (C=O) groups is 4. The zero-order valence-corrected chi connectivity index (χ0v) is 16.3. The highest BCUT2D eigenvalue weighted by Crippen LogP contribution is 2.37. The Labute approximate surface area is 170 Å². The van der Waals surface area contributed by atoms with Gasteiger partial charge in [0.25, 0.3) is 11.7 Å². The summed E-state index contributed by atoms with van der Waals surface area (Å²) in [6.07, 6.45) is 3.08. The first-order valence-corrected chi connectivity index (χ1v) is 10.1. The molecule has 1 saturated carbocycles. The molecule has 2 unspecified atom stereocenters. The smallest absolute Gasteiger partial charge is 0.326 e. The van der Waals surface area contributed by atoms with Crippen molar-refractivity contribution in [3.05, 3.63) is 24.3 Å². The lowest BCUT2D eigenvalue weighted by molar-refractivity contribution is -0.154. The van der Waals surface area contributed by atoms with Gasteiger partial charge in [-0.3, -0.25) is 24.1 Å². The number of hydrogen-bond acceptors (Lipinski definition) is 6. The highest BCUT2D eigenvalue weighted by molar-refractivity contribution is 7.99. The first-order chi connectivity index (χ1) is 13.8. The van der Waals surface area contributed by atoms with Crippen LogP contribution < -0.4 is 5.32 Å². The van der Waals surface area contributed by atoms with Crippen molar-refractivity contribution in [3.63, 3.8) is 0 Å². The molecule has 3 rings (SSSR count). The molecule has 2 atom stereocenters. The molecular weight excluding hydrogens is 406 g/mol. The van der Waals surface area contributed by atoms with Gasteiger partial charge in [-0.2, -0.15) is 8.78 Å². The Morgan fingerprint density at radius 2 is 1.69 bits per heavy atom. The van der Waals surface area contributed by atoms with Gasteiger partial charge in [-0.1, -0.05) is 24.6 Å². The van der Waals surface area contributed by atoms with Gasteiger partial charge in [-0.25, -0.2) is 0 Å². The molecule has 1 N–H and O–H groups in total. The van der Waals surface area contributed by atoms with Crippen molar-refractivity contribution in [1.82, 2.24) is 4.90 Å². The van der Waals surface area contributed by atoms with Crippen molar-refractivity contribution in [2.45, 2.75) is 36.3 Å². The third-order valence-corrected chi connectivity index (χ3v) is 5.67. The maximum atomic E-state index is 12.3. The molecule has 1 aliphatic carbocycles. The summed E-state index contributed by atoms with van der Waals surface area (Å²) in [5.41, 5.74) is 0.360. The molecule has 2 fully saturated rings. The first-order valence-electron chi connectivity index (χ1n) is 9.20. The molecule has 1 aromatic carbocycles. The van der Waals surface area contributed by atoms with E-state index in [0.717, 1.165) is 17.7 Å². The molecule has 1 aliphatic heterocycles. The molecule has 3 amide bonds. The number of halogens is 2. The van der Waals surface area contributed by atoms with Gasteiger partial charge in [0, 0.05) is 10.6 Å².